The monoisotopic (exact) mass is 293 g/mol. The van der Waals surface area contributed by atoms with Crippen LogP contribution in [0, 0.1) is 0 Å². The third-order valence-corrected chi connectivity index (χ3v) is 3.14. The molecule has 0 aliphatic rings. The lowest BCUT2D eigenvalue weighted by Gasteiger charge is -2.12. The summed E-state index contributed by atoms with van der Waals surface area (Å²) < 4.78 is 7.62. The number of aromatic nitrogens is 2. The van der Waals surface area contributed by atoms with E-state index in [4.69, 9.17) is 16.3 Å². The zero-order valence-electron chi connectivity index (χ0n) is 11.9. The van der Waals surface area contributed by atoms with E-state index in [9.17, 15) is 0 Å². The average molecular weight is 294 g/mol. The highest BCUT2D eigenvalue weighted by atomic mass is 35.5. The van der Waals surface area contributed by atoms with E-state index in [0.29, 0.717) is 6.61 Å². The van der Waals surface area contributed by atoms with Gasteiger partial charge < -0.3 is 10.1 Å². The van der Waals surface area contributed by atoms with Gasteiger partial charge >= 0.3 is 0 Å². The van der Waals surface area contributed by atoms with Crippen LogP contribution in [0.3, 0.4) is 0 Å². The van der Waals surface area contributed by atoms with Crippen molar-refractivity contribution in [3.8, 4) is 5.75 Å². The molecule has 0 saturated heterocycles. The number of hydrogen-bond acceptors (Lipinski definition) is 3. The summed E-state index contributed by atoms with van der Waals surface area (Å²) in [6, 6.07) is 7.65. The molecular weight excluding hydrogens is 274 g/mol. The number of halogens is 1. The molecule has 0 aliphatic carbocycles. The second-order valence-corrected chi connectivity index (χ2v) is 5.13. The van der Waals surface area contributed by atoms with Crippen LogP contribution in [-0.2, 0) is 20.2 Å². The first-order valence-electron chi connectivity index (χ1n) is 6.79. The van der Waals surface area contributed by atoms with Crippen molar-refractivity contribution >= 4 is 11.6 Å². The van der Waals surface area contributed by atoms with Gasteiger partial charge in [0.15, 0.2) is 0 Å². The fourth-order valence-electron chi connectivity index (χ4n) is 1.92. The Bertz CT molecular complexity index is 554. The van der Waals surface area contributed by atoms with Crippen LogP contribution in [0.5, 0.6) is 5.75 Å². The zero-order valence-corrected chi connectivity index (χ0v) is 12.7. The van der Waals surface area contributed by atoms with Crippen LogP contribution in [0.1, 0.15) is 24.6 Å². The number of benzene rings is 1. The van der Waals surface area contributed by atoms with Crippen LogP contribution in [0.25, 0.3) is 0 Å². The van der Waals surface area contributed by atoms with E-state index in [-0.39, 0.29) is 0 Å². The van der Waals surface area contributed by atoms with Crippen molar-refractivity contribution in [2.45, 2.75) is 26.5 Å². The molecule has 0 atom stereocenters. The van der Waals surface area contributed by atoms with Gasteiger partial charge in [0.2, 0.25) is 0 Å². The van der Waals surface area contributed by atoms with Crippen LogP contribution in [0.2, 0.25) is 5.02 Å². The molecule has 0 fully saturated rings. The van der Waals surface area contributed by atoms with Gasteiger partial charge in [-0.15, -0.1) is 0 Å². The van der Waals surface area contributed by atoms with E-state index >= 15 is 0 Å². The molecule has 4 nitrogen and oxygen atoms in total. The van der Waals surface area contributed by atoms with Gasteiger partial charge in [0.05, 0.1) is 5.69 Å². The van der Waals surface area contributed by atoms with Crippen molar-refractivity contribution in [1.29, 1.82) is 0 Å². The summed E-state index contributed by atoms with van der Waals surface area (Å²) in [5, 5.41) is 8.39. The molecule has 1 aromatic carbocycles. The Morgan fingerprint density at radius 3 is 2.90 bits per heavy atom. The smallest absolute Gasteiger partial charge is 0.132 e. The van der Waals surface area contributed by atoms with Crippen molar-refractivity contribution < 1.29 is 4.74 Å². The van der Waals surface area contributed by atoms with E-state index in [0.717, 1.165) is 41.5 Å². The van der Waals surface area contributed by atoms with Gasteiger partial charge in [0.1, 0.15) is 12.4 Å². The molecule has 1 N–H and O–H groups in total. The Kier molecular flexibility index (Phi) is 5.44. The lowest BCUT2D eigenvalue weighted by Crippen LogP contribution is -2.14. The van der Waals surface area contributed by atoms with Gasteiger partial charge in [-0.2, -0.15) is 5.10 Å². The second-order valence-electron chi connectivity index (χ2n) is 4.70. The average Bonchev–Trinajstić information content (AvgIpc) is 2.84. The number of rotatable bonds is 7. The third-order valence-electron chi connectivity index (χ3n) is 2.91. The van der Waals surface area contributed by atoms with E-state index < -0.39 is 0 Å². The van der Waals surface area contributed by atoms with Gasteiger partial charge in [0, 0.05) is 30.4 Å². The lowest BCUT2D eigenvalue weighted by molar-refractivity contribution is 0.296. The highest BCUT2D eigenvalue weighted by Crippen LogP contribution is 2.23. The van der Waals surface area contributed by atoms with Gasteiger partial charge in [-0.1, -0.05) is 18.5 Å². The van der Waals surface area contributed by atoms with Crippen molar-refractivity contribution in [3.63, 3.8) is 0 Å². The van der Waals surface area contributed by atoms with Gasteiger partial charge in [-0.25, -0.2) is 0 Å². The number of hydrogen-bond donors (Lipinski definition) is 1. The molecule has 1 aromatic heterocycles. The summed E-state index contributed by atoms with van der Waals surface area (Å²) in [6.07, 6.45) is 3.01. The first-order valence-corrected chi connectivity index (χ1v) is 7.17. The molecule has 0 bridgehead atoms. The predicted molar refractivity (Wildman–Crippen MR) is 81.0 cm³/mol. The SMILES string of the molecule is CCCNCc1cc(Cl)ccc1OCc1ccn(C)n1. The maximum absolute atomic E-state index is 6.05. The predicted octanol–water partition coefficient (Wildman–Crippen LogP) is 3.15. The van der Waals surface area contributed by atoms with Crippen LogP contribution < -0.4 is 10.1 Å². The number of ether oxygens (including phenoxy) is 1. The normalized spacial score (nSPS) is 10.8. The summed E-state index contributed by atoms with van der Waals surface area (Å²) in [7, 11) is 1.89. The molecule has 0 saturated carbocycles. The minimum absolute atomic E-state index is 0.462. The van der Waals surface area contributed by atoms with Crippen LogP contribution >= 0.6 is 11.6 Å². The number of nitrogens with one attached hydrogen (secondary N) is 1. The molecule has 0 spiro atoms. The molecule has 20 heavy (non-hydrogen) atoms. The second kappa shape index (κ2) is 7.31. The highest BCUT2D eigenvalue weighted by Gasteiger charge is 2.06. The summed E-state index contributed by atoms with van der Waals surface area (Å²) in [5.74, 6) is 0.851. The van der Waals surface area contributed by atoms with Crippen LogP contribution in [-0.4, -0.2) is 16.3 Å². The Labute approximate surface area is 124 Å². The zero-order chi connectivity index (χ0) is 14.4. The van der Waals surface area contributed by atoms with Crippen molar-refractivity contribution in [3.05, 3.63) is 46.7 Å². The fraction of sp³-hybridized carbons (Fsp3) is 0.400. The van der Waals surface area contributed by atoms with Gasteiger partial charge in [0.25, 0.3) is 0 Å². The molecule has 108 valence electrons. The molecule has 0 amide bonds. The Balaban J connectivity index is 2.01. The third kappa shape index (κ3) is 4.25. The molecule has 1 heterocycles. The van der Waals surface area contributed by atoms with Crippen molar-refractivity contribution in [2.75, 3.05) is 6.54 Å². The minimum atomic E-state index is 0.462. The first kappa shape index (κ1) is 14.9. The van der Waals surface area contributed by atoms with Gasteiger partial charge in [-0.3, -0.25) is 4.68 Å². The van der Waals surface area contributed by atoms with E-state index in [1.165, 1.54) is 0 Å². The van der Waals surface area contributed by atoms with E-state index in [1.54, 1.807) is 4.68 Å². The molecular formula is C15H20ClN3O. The van der Waals surface area contributed by atoms with Crippen LogP contribution in [0.15, 0.2) is 30.5 Å². The summed E-state index contributed by atoms with van der Waals surface area (Å²) in [6.45, 7) is 4.34. The minimum Gasteiger partial charge on any atom is -0.487 e. The van der Waals surface area contributed by atoms with Crippen molar-refractivity contribution in [2.24, 2.45) is 7.05 Å². The molecule has 2 rings (SSSR count). The Morgan fingerprint density at radius 2 is 2.20 bits per heavy atom. The van der Waals surface area contributed by atoms with Gasteiger partial charge in [-0.05, 0) is 37.2 Å². The van der Waals surface area contributed by atoms with Crippen molar-refractivity contribution in [1.82, 2.24) is 15.1 Å². The Morgan fingerprint density at radius 1 is 1.35 bits per heavy atom. The highest BCUT2D eigenvalue weighted by molar-refractivity contribution is 6.30. The summed E-state index contributed by atoms with van der Waals surface area (Å²) in [4.78, 5) is 0. The summed E-state index contributed by atoms with van der Waals surface area (Å²) >= 11 is 6.05. The molecule has 5 heteroatoms. The van der Waals surface area contributed by atoms with E-state index in [2.05, 4.69) is 17.3 Å². The quantitative estimate of drug-likeness (QED) is 0.797. The molecule has 2 aromatic rings. The molecule has 0 unspecified atom stereocenters. The summed E-state index contributed by atoms with van der Waals surface area (Å²) in [5.41, 5.74) is 1.98. The largest absolute Gasteiger partial charge is 0.487 e. The standard InChI is InChI=1S/C15H20ClN3O/c1-3-7-17-10-12-9-13(16)4-5-15(12)20-11-14-6-8-19(2)18-14/h4-6,8-9,17H,3,7,10-11H2,1-2H3. The number of nitrogens with zero attached hydrogens (tertiary/aromatic N) is 2. The lowest BCUT2D eigenvalue weighted by atomic mass is 10.2. The number of aryl methyl sites for hydroxylation is 1. The van der Waals surface area contributed by atoms with E-state index in [1.807, 2.05) is 37.5 Å². The molecule has 0 radical (unpaired) electrons. The topological polar surface area (TPSA) is 39.1 Å². The van der Waals surface area contributed by atoms with Crippen LogP contribution in [0.4, 0.5) is 0 Å². The first-order chi connectivity index (χ1) is 9.69. The maximum atomic E-state index is 6.05. The Hall–Kier alpha value is -1.52. The molecule has 0 aliphatic heterocycles. The fourth-order valence-corrected chi connectivity index (χ4v) is 2.11. The maximum Gasteiger partial charge on any atom is 0.132 e.